The van der Waals surface area contributed by atoms with Gasteiger partial charge in [0.25, 0.3) is 8.32 Å². The van der Waals surface area contributed by atoms with Crippen molar-refractivity contribution in [1.82, 2.24) is 0 Å². The molecule has 0 spiro atoms. The lowest BCUT2D eigenvalue weighted by Crippen LogP contribution is -2.47. The average molecular weight is 401 g/mol. The van der Waals surface area contributed by atoms with Crippen LogP contribution >= 0.6 is 0 Å². The molecule has 0 N–H and O–H groups in total. The van der Waals surface area contributed by atoms with Crippen molar-refractivity contribution in [1.29, 1.82) is 0 Å². The second-order valence-electron chi connectivity index (χ2n) is 9.35. The SMILES string of the molecule is C=C(C)C/C(=C/C(CCCC)c1ccccc1)O[Si](C(C)C)(C(C)C)C(C)C. The van der Waals surface area contributed by atoms with Gasteiger partial charge in [-0.1, -0.05) is 104 Å². The monoisotopic (exact) mass is 400 g/mol. The molecule has 0 aliphatic heterocycles. The number of unbranched alkanes of at least 4 members (excludes halogenated alkanes) is 1. The molecule has 0 aliphatic rings. The molecule has 0 fully saturated rings. The van der Waals surface area contributed by atoms with E-state index in [9.17, 15) is 0 Å². The highest BCUT2D eigenvalue weighted by Gasteiger charge is 2.47. The summed E-state index contributed by atoms with van der Waals surface area (Å²) in [6, 6.07) is 10.9. The second kappa shape index (κ2) is 11.7. The van der Waals surface area contributed by atoms with E-state index in [0.29, 0.717) is 22.5 Å². The zero-order valence-electron chi connectivity index (χ0n) is 19.7. The molecule has 1 unspecified atom stereocenters. The molecule has 28 heavy (non-hydrogen) atoms. The van der Waals surface area contributed by atoms with Crippen LogP contribution in [0.15, 0.2) is 54.3 Å². The molecule has 0 heterocycles. The zero-order chi connectivity index (χ0) is 21.3. The number of allylic oxidation sites excluding steroid dienone is 2. The summed E-state index contributed by atoms with van der Waals surface area (Å²) < 4.78 is 7.10. The average Bonchev–Trinajstić information content (AvgIpc) is 2.62. The normalized spacial score (nSPS) is 14.0. The van der Waals surface area contributed by atoms with Crippen molar-refractivity contribution < 1.29 is 4.43 Å². The first-order valence-electron chi connectivity index (χ1n) is 11.2. The highest BCUT2D eigenvalue weighted by molar-refractivity contribution is 6.77. The fourth-order valence-electron chi connectivity index (χ4n) is 4.70. The number of rotatable bonds is 12. The Balaban J connectivity index is 3.37. The van der Waals surface area contributed by atoms with Gasteiger partial charge >= 0.3 is 0 Å². The fourth-order valence-corrected chi connectivity index (χ4v) is 10.0. The number of hydrogen-bond acceptors (Lipinski definition) is 1. The van der Waals surface area contributed by atoms with Crippen molar-refractivity contribution in [3.63, 3.8) is 0 Å². The van der Waals surface area contributed by atoms with E-state index >= 15 is 0 Å². The lowest BCUT2D eigenvalue weighted by Gasteiger charge is -2.43. The van der Waals surface area contributed by atoms with Crippen molar-refractivity contribution in [2.24, 2.45) is 0 Å². The summed E-state index contributed by atoms with van der Waals surface area (Å²) in [6.45, 7) is 22.7. The second-order valence-corrected chi connectivity index (χ2v) is 14.7. The van der Waals surface area contributed by atoms with Crippen molar-refractivity contribution in [3.8, 4) is 0 Å². The quantitative estimate of drug-likeness (QED) is 0.193. The van der Waals surface area contributed by atoms with Crippen LogP contribution in [-0.4, -0.2) is 8.32 Å². The molecule has 0 radical (unpaired) electrons. The van der Waals surface area contributed by atoms with E-state index in [2.05, 4.69) is 98.4 Å². The van der Waals surface area contributed by atoms with Gasteiger partial charge in [-0.3, -0.25) is 0 Å². The lowest BCUT2D eigenvalue weighted by atomic mass is 9.92. The Labute approximate surface area is 176 Å². The molecule has 0 aliphatic carbocycles. The number of benzene rings is 1. The van der Waals surface area contributed by atoms with Crippen LogP contribution in [0.4, 0.5) is 0 Å². The molecule has 1 nitrogen and oxygen atoms in total. The summed E-state index contributed by atoms with van der Waals surface area (Å²) >= 11 is 0. The van der Waals surface area contributed by atoms with Gasteiger partial charge in [0.1, 0.15) is 0 Å². The van der Waals surface area contributed by atoms with E-state index in [4.69, 9.17) is 4.43 Å². The first-order chi connectivity index (χ1) is 13.1. The summed E-state index contributed by atoms with van der Waals surface area (Å²) in [4.78, 5) is 0. The van der Waals surface area contributed by atoms with Gasteiger partial charge in [-0.2, -0.15) is 0 Å². The lowest BCUT2D eigenvalue weighted by molar-refractivity contribution is 0.357. The first-order valence-corrected chi connectivity index (χ1v) is 13.4. The van der Waals surface area contributed by atoms with Crippen LogP contribution < -0.4 is 0 Å². The van der Waals surface area contributed by atoms with Gasteiger partial charge in [0.05, 0.1) is 5.76 Å². The van der Waals surface area contributed by atoms with Crippen LogP contribution in [0.1, 0.15) is 92.6 Å². The van der Waals surface area contributed by atoms with E-state index in [1.54, 1.807) is 0 Å². The Kier molecular flexibility index (Phi) is 10.3. The molecular formula is C26H44OSi. The maximum absolute atomic E-state index is 7.10. The van der Waals surface area contributed by atoms with Crippen molar-refractivity contribution >= 4 is 8.32 Å². The van der Waals surface area contributed by atoms with Crippen molar-refractivity contribution in [3.05, 3.63) is 59.9 Å². The minimum atomic E-state index is -1.97. The minimum absolute atomic E-state index is 0.411. The zero-order valence-corrected chi connectivity index (χ0v) is 20.7. The number of hydrogen-bond donors (Lipinski definition) is 0. The Morgan fingerprint density at radius 1 is 1.00 bits per heavy atom. The smallest absolute Gasteiger partial charge is 0.258 e. The van der Waals surface area contributed by atoms with Crippen molar-refractivity contribution in [2.75, 3.05) is 0 Å². The largest absolute Gasteiger partial charge is 0.546 e. The Morgan fingerprint density at radius 3 is 1.96 bits per heavy atom. The van der Waals surface area contributed by atoms with E-state index in [1.807, 2.05) is 0 Å². The fraction of sp³-hybridized carbons (Fsp3) is 0.615. The molecule has 0 bridgehead atoms. The third kappa shape index (κ3) is 6.65. The molecular weight excluding hydrogens is 356 g/mol. The third-order valence-corrected chi connectivity index (χ3v) is 12.0. The van der Waals surface area contributed by atoms with E-state index in [1.165, 1.54) is 30.4 Å². The molecule has 2 heteroatoms. The summed E-state index contributed by atoms with van der Waals surface area (Å²) in [5.41, 5.74) is 4.29. The molecule has 0 saturated heterocycles. The molecule has 0 saturated carbocycles. The predicted molar refractivity (Wildman–Crippen MR) is 128 cm³/mol. The maximum Gasteiger partial charge on any atom is 0.258 e. The maximum atomic E-state index is 7.10. The van der Waals surface area contributed by atoms with Crippen LogP contribution in [0.25, 0.3) is 0 Å². The van der Waals surface area contributed by atoms with Crippen LogP contribution in [0, 0.1) is 0 Å². The third-order valence-electron chi connectivity index (χ3n) is 5.97. The first kappa shape index (κ1) is 24.8. The van der Waals surface area contributed by atoms with Gasteiger partial charge in [-0.25, -0.2) is 0 Å². The van der Waals surface area contributed by atoms with Crippen LogP contribution in [0.2, 0.25) is 16.6 Å². The van der Waals surface area contributed by atoms with Crippen LogP contribution in [0.3, 0.4) is 0 Å². The molecule has 1 aromatic carbocycles. The Hall–Kier alpha value is -1.28. The van der Waals surface area contributed by atoms with Crippen molar-refractivity contribution in [2.45, 2.75) is 104 Å². The molecule has 1 rings (SSSR count). The standard InChI is InChI=1S/C26H44OSi/c1-10-11-15-25(24-16-13-12-14-17-24)19-26(18-20(2)3)27-28(21(4)5,22(6)7)23(8)9/h12-14,16-17,19,21-23,25H,2,10-11,15,18H2,1,3-9H3/b26-19-. The van der Waals surface area contributed by atoms with Crippen LogP contribution in [-0.2, 0) is 4.43 Å². The van der Waals surface area contributed by atoms with Gasteiger partial charge in [0.15, 0.2) is 0 Å². The van der Waals surface area contributed by atoms with Crippen LogP contribution in [0.5, 0.6) is 0 Å². The van der Waals surface area contributed by atoms with Gasteiger partial charge < -0.3 is 4.43 Å². The Morgan fingerprint density at radius 2 is 1.54 bits per heavy atom. The highest BCUT2D eigenvalue weighted by Crippen LogP contribution is 2.44. The Bertz CT molecular complexity index is 591. The minimum Gasteiger partial charge on any atom is -0.546 e. The van der Waals surface area contributed by atoms with Gasteiger partial charge in [0, 0.05) is 12.3 Å². The molecule has 0 aromatic heterocycles. The van der Waals surface area contributed by atoms with E-state index < -0.39 is 8.32 Å². The van der Waals surface area contributed by atoms with Gasteiger partial charge in [-0.05, 0) is 41.6 Å². The van der Waals surface area contributed by atoms with E-state index in [0.717, 1.165) is 12.2 Å². The topological polar surface area (TPSA) is 9.23 Å². The summed E-state index contributed by atoms with van der Waals surface area (Å²) in [6.07, 6.45) is 6.89. The summed E-state index contributed by atoms with van der Waals surface area (Å²) in [5, 5.41) is 0. The van der Waals surface area contributed by atoms with Gasteiger partial charge in [0.2, 0.25) is 0 Å². The molecule has 1 atom stereocenters. The summed E-state index contributed by atoms with van der Waals surface area (Å²) in [7, 11) is -1.97. The summed E-state index contributed by atoms with van der Waals surface area (Å²) in [5.74, 6) is 1.56. The predicted octanol–water partition coefficient (Wildman–Crippen LogP) is 9.00. The highest BCUT2D eigenvalue weighted by atomic mass is 28.4. The van der Waals surface area contributed by atoms with Gasteiger partial charge in [-0.15, -0.1) is 0 Å². The molecule has 1 aromatic rings. The van der Waals surface area contributed by atoms with E-state index in [-0.39, 0.29) is 0 Å². The molecule has 0 amide bonds. The molecule has 158 valence electrons.